The molecule has 2 heteroatoms. The second-order valence-electron chi connectivity index (χ2n) is 4.21. The van der Waals surface area contributed by atoms with Crippen LogP contribution in [-0.4, -0.2) is 12.7 Å². The van der Waals surface area contributed by atoms with Crippen molar-refractivity contribution in [2.24, 2.45) is 0 Å². The summed E-state index contributed by atoms with van der Waals surface area (Å²) >= 11 is 0. The molecule has 0 saturated carbocycles. The van der Waals surface area contributed by atoms with Gasteiger partial charge in [0.2, 0.25) is 0 Å². The van der Waals surface area contributed by atoms with Crippen molar-refractivity contribution in [1.82, 2.24) is 0 Å². The van der Waals surface area contributed by atoms with E-state index in [9.17, 15) is 0 Å². The molecule has 0 aliphatic carbocycles. The highest BCUT2D eigenvalue weighted by Gasteiger charge is 2.09. The van der Waals surface area contributed by atoms with Crippen molar-refractivity contribution in [3.05, 3.63) is 30.7 Å². The first-order chi connectivity index (χ1) is 7.54. The third-order valence-corrected chi connectivity index (χ3v) is 2.20. The summed E-state index contributed by atoms with van der Waals surface area (Å²) in [4.78, 5) is 0. The Labute approximate surface area is 98.6 Å². The molecule has 2 nitrogen and oxygen atoms in total. The quantitative estimate of drug-likeness (QED) is 0.752. The predicted molar refractivity (Wildman–Crippen MR) is 67.1 cm³/mol. The van der Waals surface area contributed by atoms with E-state index in [0.29, 0.717) is 6.61 Å². The van der Waals surface area contributed by atoms with Gasteiger partial charge in [-0.3, -0.25) is 0 Å². The zero-order valence-corrected chi connectivity index (χ0v) is 10.6. The maximum absolute atomic E-state index is 5.69. The van der Waals surface area contributed by atoms with Crippen LogP contribution in [0.5, 0.6) is 11.5 Å². The first-order valence-corrected chi connectivity index (χ1v) is 5.81. The van der Waals surface area contributed by atoms with Gasteiger partial charge in [-0.05, 0) is 51.3 Å². The van der Waals surface area contributed by atoms with Crippen molar-refractivity contribution in [3.8, 4) is 11.5 Å². The number of benzene rings is 1. The molecule has 1 atom stereocenters. The average Bonchev–Trinajstić information content (AvgIpc) is 2.20. The highest BCUT2D eigenvalue weighted by atomic mass is 16.5. The van der Waals surface area contributed by atoms with E-state index in [2.05, 4.69) is 13.8 Å². The second kappa shape index (κ2) is 5.78. The van der Waals surface area contributed by atoms with Crippen molar-refractivity contribution >= 4 is 0 Å². The number of hydrogen-bond acceptors (Lipinski definition) is 2. The first kappa shape index (κ1) is 12.9. The smallest absolute Gasteiger partial charge is 0.161 e. The van der Waals surface area contributed by atoms with E-state index in [1.165, 1.54) is 5.56 Å². The van der Waals surface area contributed by atoms with E-state index < -0.39 is 0 Å². The Bertz CT molecular complexity index is 330. The molecule has 1 aromatic rings. The van der Waals surface area contributed by atoms with Crippen LogP contribution >= 0.6 is 0 Å². The van der Waals surface area contributed by atoms with Crippen molar-refractivity contribution in [1.29, 1.82) is 0 Å². The molecule has 1 rings (SSSR count). The van der Waals surface area contributed by atoms with Gasteiger partial charge in [0.05, 0.1) is 12.7 Å². The minimum Gasteiger partial charge on any atom is -0.490 e. The summed E-state index contributed by atoms with van der Waals surface area (Å²) < 4.78 is 11.3. The van der Waals surface area contributed by atoms with Crippen molar-refractivity contribution < 1.29 is 9.47 Å². The van der Waals surface area contributed by atoms with Crippen LogP contribution in [0.4, 0.5) is 0 Å². The standard InChI is InChI=1S/C14H21O2/c1-6-15-14-9-12(10(2)3)7-8-13(14)16-11(4)5/h7-11H,2,6H2,1,3-5H3. The van der Waals surface area contributed by atoms with Crippen molar-refractivity contribution in [3.63, 3.8) is 0 Å². The zero-order chi connectivity index (χ0) is 12.1. The van der Waals surface area contributed by atoms with Gasteiger partial charge in [-0.15, -0.1) is 0 Å². The molecule has 0 bridgehead atoms. The average molecular weight is 221 g/mol. The Hall–Kier alpha value is -1.18. The number of rotatable bonds is 5. The third kappa shape index (κ3) is 3.44. The highest BCUT2D eigenvalue weighted by molar-refractivity contribution is 5.44. The van der Waals surface area contributed by atoms with Gasteiger partial charge in [-0.2, -0.15) is 0 Å². The van der Waals surface area contributed by atoms with Crippen molar-refractivity contribution in [2.45, 2.75) is 39.7 Å². The molecule has 0 spiro atoms. The Balaban J connectivity index is 2.99. The van der Waals surface area contributed by atoms with E-state index >= 15 is 0 Å². The molecule has 1 radical (unpaired) electrons. The van der Waals surface area contributed by atoms with Crippen LogP contribution in [0.3, 0.4) is 0 Å². The number of hydrogen-bond donors (Lipinski definition) is 0. The molecule has 0 aliphatic heterocycles. The highest BCUT2D eigenvalue weighted by Crippen LogP contribution is 2.31. The van der Waals surface area contributed by atoms with Crippen LogP contribution in [0.15, 0.2) is 18.2 Å². The molecule has 89 valence electrons. The molecule has 0 aromatic heterocycles. The minimum absolute atomic E-state index is 0.155. The topological polar surface area (TPSA) is 18.5 Å². The van der Waals surface area contributed by atoms with Crippen LogP contribution in [-0.2, 0) is 0 Å². The lowest BCUT2D eigenvalue weighted by molar-refractivity contribution is 0.223. The molecule has 0 heterocycles. The minimum atomic E-state index is 0.155. The molecular formula is C14H21O2. The summed E-state index contributed by atoms with van der Waals surface area (Å²) in [6, 6.07) is 6.01. The Morgan fingerprint density at radius 2 is 1.88 bits per heavy atom. The Morgan fingerprint density at radius 3 is 2.38 bits per heavy atom. The summed E-state index contributed by atoms with van der Waals surface area (Å²) in [5.74, 6) is 1.87. The van der Waals surface area contributed by atoms with Gasteiger partial charge in [0.1, 0.15) is 0 Å². The van der Waals surface area contributed by atoms with E-state index in [-0.39, 0.29) is 12.0 Å². The molecule has 0 N–H and O–H groups in total. The summed E-state index contributed by atoms with van der Waals surface area (Å²) in [6.45, 7) is 12.7. The fourth-order valence-electron chi connectivity index (χ4n) is 1.45. The van der Waals surface area contributed by atoms with E-state index in [1.54, 1.807) is 0 Å². The maximum atomic E-state index is 5.69. The van der Waals surface area contributed by atoms with Gasteiger partial charge in [0.25, 0.3) is 0 Å². The van der Waals surface area contributed by atoms with Gasteiger partial charge >= 0.3 is 0 Å². The summed E-state index contributed by atoms with van der Waals surface area (Å²) in [7, 11) is 0. The molecule has 0 aliphatic rings. The summed E-state index contributed by atoms with van der Waals surface area (Å²) in [6.07, 6.45) is 0.155. The molecule has 16 heavy (non-hydrogen) atoms. The van der Waals surface area contributed by atoms with Crippen LogP contribution in [0.25, 0.3) is 0 Å². The fraction of sp³-hybridized carbons (Fsp3) is 0.500. The molecule has 0 amide bonds. The van der Waals surface area contributed by atoms with E-state index in [4.69, 9.17) is 9.47 Å². The lowest BCUT2D eigenvalue weighted by Crippen LogP contribution is -2.07. The largest absolute Gasteiger partial charge is 0.490 e. The molecule has 1 unspecified atom stereocenters. The van der Waals surface area contributed by atoms with Crippen LogP contribution in [0.1, 0.15) is 39.2 Å². The Morgan fingerprint density at radius 1 is 1.19 bits per heavy atom. The SMILES string of the molecule is [CH2]C(C)c1ccc(OC(C)C)c(OCC)c1. The zero-order valence-electron chi connectivity index (χ0n) is 10.6. The van der Waals surface area contributed by atoms with Gasteiger partial charge in [-0.1, -0.05) is 13.0 Å². The van der Waals surface area contributed by atoms with Gasteiger partial charge in [-0.25, -0.2) is 0 Å². The van der Waals surface area contributed by atoms with Gasteiger partial charge in [0.15, 0.2) is 11.5 Å². The summed E-state index contributed by atoms with van der Waals surface area (Å²) in [5, 5.41) is 0. The molecular weight excluding hydrogens is 200 g/mol. The van der Waals surface area contributed by atoms with Gasteiger partial charge < -0.3 is 9.47 Å². The lowest BCUT2D eigenvalue weighted by atomic mass is 10.0. The predicted octanol–water partition coefficient (Wildman–Crippen LogP) is 3.81. The van der Waals surface area contributed by atoms with E-state index in [0.717, 1.165) is 11.5 Å². The molecule has 1 aromatic carbocycles. The Kier molecular flexibility index (Phi) is 4.66. The molecule has 0 fully saturated rings. The maximum Gasteiger partial charge on any atom is 0.161 e. The normalized spacial score (nSPS) is 10.9. The third-order valence-electron chi connectivity index (χ3n) is 2.20. The lowest BCUT2D eigenvalue weighted by Gasteiger charge is -2.16. The second-order valence-corrected chi connectivity index (χ2v) is 4.21. The molecule has 0 saturated heterocycles. The van der Waals surface area contributed by atoms with Crippen LogP contribution < -0.4 is 9.47 Å². The summed E-state index contributed by atoms with van der Waals surface area (Å²) in [5.41, 5.74) is 1.17. The van der Waals surface area contributed by atoms with Crippen LogP contribution in [0, 0.1) is 6.92 Å². The van der Waals surface area contributed by atoms with Gasteiger partial charge in [0, 0.05) is 0 Å². The van der Waals surface area contributed by atoms with E-state index in [1.807, 2.05) is 39.0 Å². The number of ether oxygens (including phenoxy) is 2. The van der Waals surface area contributed by atoms with Crippen LogP contribution in [0.2, 0.25) is 0 Å². The fourth-order valence-corrected chi connectivity index (χ4v) is 1.45. The monoisotopic (exact) mass is 221 g/mol. The first-order valence-electron chi connectivity index (χ1n) is 5.81. The van der Waals surface area contributed by atoms with Crippen molar-refractivity contribution in [2.75, 3.05) is 6.61 Å².